The van der Waals surface area contributed by atoms with Gasteiger partial charge in [-0.2, -0.15) is 0 Å². The van der Waals surface area contributed by atoms with Crippen LogP contribution in [0.15, 0.2) is 47.4 Å². The van der Waals surface area contributed by atoms with Gasteiger partial charge in [-0.3, -0.25) is 4.79 Å². The van der Waals surface area contributed by atoms with Crippen LogP contribution in [0.4, 0.5) is 0 Å². The van der Waals surface area contributed by atoms with Gasteiger partial charge in [-0.15, -0.1) is 0 Å². The Kier molecular flexibility index (Phi) is 4.19. The van der Waals surface area contributed by atoms with Crippen LogP contribution in [0.2, 0.25) is 0 Å². The van der Waals surface area contributed by atoms with E-state index in [1.165, 1.54) is 19.1 Å². The molecule has 0 amide bonds. The van der Waals surface area contributed by atoms with E-state index in [1.54, 1.807) is 12.1 Å². The van der Waals surface area contributed by atoms with Crippen LogP contribution in [0.3, 0.4) is 0 Å². The molecule has 0 bridgehead atoms. The summed E-state index contributed by atoms with van der Waals surface area (Å²) in [6, 6.07) is 11.7. The van der Waals surface area contributed by atoms with E-state index in [0.29, 0.717) is 12.2 Å². The number of fused-ring (bicyclic) bond motifs is 1. The van der Waals surface area contributed by atoms with E-state index in [1.807, 2.05) is 18.2 Å². The van der Waals surface area contributed by atoms with E-state index < -0.39 is 10.0 Å². The zero-order valence-corrected chi connectivity index (χ0v) is 13.5. The number of carbonyl (C=O) groups is 1. The summed E-state index contributed by atoms with van der Waals surface area (Å²) in [6.45, 7) is 2.27. The Morgan fingerprint density at radius 1 is 1.22 bits per heavy atom. The zero-order chi connectivity index (χ0) is 16.4. The van der Waals surface area contributed by atoms with Crippen molar-refractivity contribution in [2.75, 3.05) is 6.61 Å². The summed E-state index contributed by atoms with van der Waals surface area (Å²) in [7, 11) is -3.66. The summed E-state index contributed by atoms with van der Waals surface area (Å²) in [6.07, 6.45) is 0.844. The van der Waals surface area contributed by atoms with Gasteiger partial charge in [0.1, 0.15) is 5.75 Å². The molecule has 1 heterocycles. The van der Waals surface area contributed by atoms with Gasteiger partial charge in [-0.25, -0.2) is 13.1 Å². The Morgan fingerprint density at radius 3 is 2.83 bits per heavy atom. The fourth-order valence-electron chi connectivity index (χ4n) is 2.49. The third-order valence-corrected chi connectivity index (χ3v) is 5.17. The molecule has 1 aliphatic heterocycles. The second kappa shape index (κ2) is 6.14. The largest absolute Gasteiger partial charge is 0.493 e. The van der Waals surface area contributed by atoms with Crippen molar-refractivity contribution in [3.05, 3.63) is 59.2 Å². The van der Waals surface area contributed by atoms with Gasteiger partial charge in [0.2, 0.25) is 10.0 Å². The summed E-state index contributed by atoms with van der Waals surface area (Å²) < 4.78 is 32.7. The lowest BCUT2D eigenvalue weighted by Gasteiger charge is -2.09. The molecule has 1 N–H and O–H groups in total. The molecular weight excluding hydrogens is 314 g/mol. The van der Waals surface area contributed by atoms with E-state index in [2.05, 4.69) is 4.72 Å². The maximum atomic E-state index is 12.4. The molecule has 0 fully saturated rings. The molecule has 23 heavy (non-hydrogen) atoms. The molecule has 0 spiro atoms. The third-order valence-electron chi connectivity index (χ3n) is 3.77. The minimum Gasteiger partial charge on any atom is -0.493 e. The number of ketones is 1. The molecule has 0 atom stereocenters. The fraction of sp³-hybridized carbons (Fsp3) is 0.235. The predicted octanol–water partition coefficient (Wildman–Crippen LogP) is 2.30. The number of hydrogen-bond acceptors (Lipinski definition) is 4. The smallest absolute Gasteiger partial charge is 0.240 e. The highest BCUT2D eigenvalue weighted by Gasteiger charge is 2.16. The van der Waals surface area contributed by atoms with E-state index in [-0.39, 0.29) is 17.2 Å². The van der Waals surface area contributed by atoms with Crippen molar-refractivity contribution in [2.24, 2.45) is 0 Å². The molecule has 0 radical (unpaired) electrons. The van der Waals surface area contributed by atoms with Crippen LogP contribution in [0.1, 0.15) is 28.4 Å². The molecule has 2 aromatic carbocycles. The Labute approximate surface area is 135 Å². The van der Waals surface area contributed by atoms with E-state index in [9.17, 15) is 13.2 Å². The summed E-state index contributed by atoms with van der Waals surface area (Å²) in [5.41, 5.74) is 2.35. The van der Waals surface area contributed by atoms with Crippen LogP contribution in [-0.2, 0) is 23.0 Å². The van der Waals surface area contributed by atoms with Crippen LogP contribution in [0, 0.1) is 0 Å². The third kappa shape index (κ3) is 3.43. The Morgan fingerprint density at radius 2 is 2.04 bits per heavy atom. The molecule has 0 saturated heterocycles. The Balaban J connectivity index is 1.76. The highest BCUT2D eigenvalue weighted by atomic mass is 32.2. The molecule has 120 valence electrons. The molecule has 2 aromatic rings. The Bertz CT molecular complexity index is 859. The standard InChI is InChI=1S/C17H17NO4S/c1-12(19)14-3-2-4-16(10-14)23(20,21)18-11-13-5-6-17-15(9-13)7-8-22-17/h2-6,9-10,18H,7-8,11H2,1H3. The maximum Gasteiger partial charge on any atom is 0.240 e. The van der Waals surface area contributed by atoms with Crippen molar-refractivity contribution >= 4 is 15.8 Å². The molecule has 6 heteroatoms. The lowest BCUT2D eigenvalue weighted by Crippen LogP contribution is -2.23. The van der Waals surface area contributed by atoms with Crippen molar-refractivity contribution in [3.8, 4) is 5.75 Å². The number of benzene rings is 2. The van der Waals surface area contributed by atoms with Crippen LogP contribution in [0.25, 0.3) is 0 Å². The summed E-state index contributed by atoms with van der Waals surface area (Å²) in [4.78, 5) is 11.5. The van der Waals surface area contributed by atoms with Crippen molar-refractivity contribution in [1.29, 1.82) is 0 Å². The fourth-order valence-corrected chi connectivity index (χ4v) is 3.56. The molecule has 0 saturated carbocycles. The van der Waals surface area contributed by atoms with Gasteiger partial charge in [0, 0.05) is 18.5 Å². The molecule has 5 nitrogen and oxygen atoms in total. The van der Waals surface area contributed by atoms with Crippen molar-refractivity contribution < 1.29 is 17.9 Å². The van der Waals surface area contributed by atoms with Gasteiger partial charge in [0.25, 0.3) is 0 Å². The topological polar surface area (TPSA) is 72.5 Å². The molecule has 3 rings (SSSR count). The first kappa shape index (κ1) is 15.7. The van der Waals surface area contributed by atoms with Crippen LogP contribution >= 0.6 is 0 Å². The number of sulfonamides is 1. The summed E-state index contributed by atoms with van der Waals surface area (Å²) in [5, 5.41) is 0. The van der Waals surface area contributed by atoms with Crippen molar-refractivity contribution in [1.82, 2.24) is 4.72 Å². The van der Waals surface area contributed by atoms with Crippen molar-refractivity contribution in [3.63, 3.8) is 0 Å². The predicted molar refractivity (Wildman–Crippen MR) is 86.1 cm³/mol. The first-order valence-electron chi connectivity index (χ1n) is 7.31. The summed E-state index contributed by atoms with van der Waals surface area (Å²) in [5.74, 6) is 0.700. The average molecular weight is 331 g/mol. The van der Waals surface area contributed by atoms with Crippen LogP contribution in [-0.4, -0.2) is 20.8 Å². The van der Waals surface area contributed by atoms with Gasteiger partial charge in [0.15, 0.2) is 5.78 Å². The molecule has 1 aliphatic rings. The molecule has 0 unspecified atom stereocenters. The SMILES string of the molecule is CC(=O)c1cccc(S(=O)(=O)NCc2ccc3c(c2)CCO3)c1. The van der Waals surface area contributed by atoms with Crippen molar-refractivity contribution in [2.45, 2.75) is 24.8 Å². The average Bonchev–Trinajstić information content (AvgIpc) is 3.01. The molecule has 0 aliphatic carbocycles. The highest BCUT2D eigenvalue weighted by molar-refractivity contribution is 7.89. The number of hydrogen-bond donors (Lipinski definition) is 1. The lowest BCUT2D eigenvalue weighted by molar-refractivity contribution is 0.101. The van der Waals surface area contributed by atoms with Gasteiger partial charge in [-0.05, 0) is 36.2 Å². The summed E-state index contributed by atoms with van der Waals surface area (Å²) >= 11 is 0. The number of Topliss-reactive ketones (excluding diaryl/α,β-unsaturated/α-hetero) is 1. The zero-order valence-electron chi connectivity index (χ0n) is 12.7. The van der Waals surface area contributed by atoms with Crippen LogP contribution < -0.4 is 9.46 Å². The van der Waals surface area contributed by atoms with Gasteiger partial charge >= 0.3 is 0 Å². The monoisotopic (exact) mass is 331 g/mol. The first-order chi connectivity index (χ1) is 11.0. The minimum absolute atomic E-state index is 0.0923. The highest BCUT2D eigenvalue weighted by Crippen LogP contribution is 2.26. The Hall–Kier alpha value is -2.18. The number of ether oxygens (including phenoxy) is 1. The number of rotatable bonds is 5. The van der Waals surface area contributed by atoms with E-state index >= 15 is 0 Å². The van der Waals surface area contributed by atoms with Crippen LogP contribution in [0.5, 0.6) is 5.75 Å². The molecule has 0 aromatic heterocycles. The number of nitrogens with one attached hydrogen (secondary N) is 1. The number of carbonyl (C=O) groups excluding carboxylic acids is 1. The van der Waals surface area contributed by atoms with Gasteiger partial charge in [-0.1, -0.05) is 24.3 Å². The second-order valence-electron chi connectivity index (χ2n) is 5.45. The van der Waals surface area contributed by atoms with Gasteiger partial charge in [0.05, 0.1) is 11.5 Å². The second-order valence-corrected chi connectivity index (χ2v) is 7.22. The quantitative estimate of drug-likeness (QED) is 0.853. The minimum atomic E-state index is -3.66. The van der Waals surface area contributed by atoms with Gasteiger partial charge < -0.3 is 4.74 Å². The maximum absolute atomic E-state index is 12.4. The molecular formula is C17H17NO4S. The normalized spacial score (nSPS) is 13.4. The lowest BCUT2D eigenvalue weighted by atomic mass is 10.1. The van der Waals surface area contributed by atoms with E-state index in [0.717, 1.165) is 23.3 Å². The first-order valence-corrected chi connectivity index (χ1v) is 8.79. The van der Waals surface area contributed by atoms with E-state index in [4.69, 9.17) is 4.74 Å².